The van der Waals surface area contributed by atoms with Crippen LogP contribution in [0.15, 0.2) is 12.1 Å². The molecule has 1 aliphatic rings. The molecule has 20 heavy (non-hydrogen) atoms. The number of carbonyl (C=O) groups excluding carboxylic acids is 2. The Balaban J connectivity index is 2.37. The summed E-state index contributed by atoms with van der Waals surface area (Å²) >= 11 is 0. The van der Waals surface area contributed by atoms with E-state index in [1.807, 2.05) is 0 Å². The van der Waals surface area contributed by atoms with Gasteiger partial charge in [0.2, 0.25) is 0 Å². The molecule has 0 aromatic heterocycles. The van der Waals surface area contributed by atoms with Gasteiger partial charge in [-0.3, -0.25) is 4.79 Å². The molecule has 1 aromatic carbocycles. The number of nitrogens with zero attached hydrogens (tertiary/aromatic N) is 1. The predicted molar refractivity (Wildman–Crippen MR) is 67.2 cm³/mol. The third-order valence-corrected chi connectivity index (χ3v) is 3.48. The Morgan fingerprint density at radius 3 is 2.70 bits per heavy atom. The molecule has 2 rings (SSSR count). The van der Waals surface area contributed by atoms with Gasteiger partial charge in [-0.05, 0) is 31.4 Å². The fourth-order valence-corrected chi connectivity index (χ4v) is 2.39. The molecule has 0 saturated carbocycles. The fraction of sp³-hybridized carbons (Fsp3) is 0.429. The van der Waals surface area contributed by atoms with Gasteiger partial charge in [0, 0.05) is 6.54 Å². The SMILES string of the molecule is COC(=O)C1CCCN1C(=O)c1c(F)ccc(C)c1F. The Kier molecular flexibility index (Phi) is 4.01. The molecule has 1 heterocycles. The van der Waals surface area contributed by atoms with Crippen molar-refractivity contribution in [2.24, 2.45) is 0 Å². The number of esters is 1. The fourth-order valence-electron chi connectivity index (χ4n) is 2.39. The van der Waals surface area contributed by atoms with Crippen LogP contribution in [-0.2, 0) is 9.53 Å². The maximum Gasteiger partial charge on any atom is 0.328 e. The van der Waals surface area contributed by atoms with E-state index in [-0.39, 0.29) is 12.1 Å². The molecule has 1 fully saturated rings. The number of methoxy groups -OCH3 is 1. The van der Waals surface area contributed by atoms with Gasteiger partial charge in [0.05, 0.1) is 7.11 Å². The lowest BCUT2D eigenvalue weighted by molar-refractivity contribution is -0.145. The van der Waals surface area contributed by atoms with Crippen LogP contribution in [0.3, 0.4) is 0 Å². The molecule has 0 bridgehead atoms. The first-order valence-corrected chi connectivity index (χ1v) is 6.30. The molecule has 4 nitrogen and oxygen atoms in total. The van der Waals surface area contributed by atoms with Crippen LogP contribution in [-0.4, -0.2) is 36.5 Å². The summed E-state index contributed by atoms with van der Waals surface area (Å²) in [6.45, 7) is 1.73. The zero-order valence-electron chi connectivity index (χ0n) is 11.3. The van der Waals surface area contributed by atoms with Crippen molar-refractivity contribution in [3.8, 4) is 0 Å². The number of rotatable bonds is 2. The van der Waals surface area contributed by atoms with Crippen molar-refractivity contribution in [1.82, 2.24) is 4.90 Å². The standard InChI is InChI=1S/C14H15F2NO3/c1-8-5-6-9(15)11(12(8)16)13(18)17-7-3-4-10(17)14(19)20-2/h5-6,10H,3-4,7H2,1-2H3. The van der Waals surface area contributed by atoms with E-state index in [1.165, 1.54) is 25.0 Å². The summed E-state index contributed by atoms with van der Waals surface area (Å²) in [5, 5.41) is 0. The summed E-state index contributed by atoms with van der Waals surface area (Å²) in [5.41, 5.74) is -0.427. The van der Waals surface area contributed by atoms with Crippen molar-refractivity contribution in [1.29, 1.82) is 0 Å². The van der Waals surface area contributed by atoms with Crippen molar-refractivity contribution in [3.63, 3.8) is 0 Å². The van der Waals surface area contributed by atoms with Crippen molar-refractivity contribution in [2.45, 2.75) is 25.8 Å². The summed E-state index contributed by atoms with van der Waals surface area (Å²) < 4.78 is 32.3. The summed E-state index contributed by atoms with van der Waals surface area (Å²) in [6.07, 6.45) is 1.04. The molecule has 1 unspecified atom stereocenters. The highest BCUT2D eigenvalue weighted by Crippen LogP contribution is 2.24. The number of amides is 1. The van der Waals surface area contributed by atoms with E-state index in [0.717, 1.165) is 6.07 Å². The lowest BCUT2D eigenvalue weighted by Gasteiger charge is -2.23. The van der Waals surface area contributed by atoms with Gasteiger partial charge in [0.25, 0.3) is 5.91 Å². The van der Waals surface area contributed by atoms with Crippen LogP contribution in [0.25, 0.3) is 0 Å². The van der Waals surface area contributed by atoms with E-state index in [1.54, 1.807) is 0 Å². The smallest absolute Gasteiger partial charge is 0.328 e. The van der Waals surface area contributed by atoms with Crippen LogP contribution in [0, 0.1) is 18.6 Å². The summed E-state index contributed by atoms with van der Waals surface area (Å²) in [7, 11) is 1.22. The van der Waals surface area contributed by atoms with Crippen LogP contribution in [0.5, 0.6) is 0 Å². The van der Waals surface area contributed by atoms with Crippen molar-refractivity contribution in [2.75, 3.05) is 13.7 Å². The van der Waals surface area contributed by atoms with Gasteiger partial charge in [0.15, 0.2) is 0 Å². The highest BCUT2D eigenvalue weighted by atomic mass is 19.1. The van der Waals surface area contributed by atoms with Crippen molar-refractivity contribution in [3.05, 3.63) is 34.9 Å². The summed E-state index contributed by atoms with van der Waals surface area (Å²) in [5.74, 6) is -3.18. The largest absolute Gasteiger partial charge is 0.467 e. The molecule has 108 valence electrons. The lowest BCUT2D eigenvalue weighted by Crippen LogP contribution is -2.41. The Bertz CT molecular complexity index is 560. The number of halogens is 2. The second-order valence-electron chi connectivity index (χ2n) is 4.73. The molecule has 1 aliphatic heterocycles. The molecule has 6 heteroatoms. The number of carbonyl (C=O) groups is 2. The van der Waals surface area contributed by atoms with E-state index >= 15 is 0 Å². The van der Waals surface area contributed by atoms with Gasteiger partial charge in [-0.25, -0.2) is 13.6 Å². The normalized spacial score (nSPS) is 18.2. The molecule has 1 amide bonds. The third kappa shape index (κ3) is 2.37. The zero-order chi connectivity index (χ0) is 14.9. The van der Waals surface area contributed by atoms with Crippen LogP contribution in [0.1, 0.15) is 28.8 Å². The van der Waals surface area contributed by atoms with Gasteiger partial charge >= 0.3 is 5.97 Å². The highest BCUT2D eigenvalue weighted by Gasteiger charge is 2.37. The molecule has 1 atom stereocenters. The number of hydrogen-bond donors (Lipinski definition) is 0. The molecular formula is C14H15F2NO3. The molecule has 1 aromatic rings. The van der Waals surface area contributed by atoms with E-state index in [9.17, 15) is 18.4 Å². The minimum Gasteiger partial charge on any atom is -0.467 e. The van der Waals surface area contributed by atoms with Gasteiger partial charge in [0.1, 0.15) is 23.2 Å². The summed E-state index contributed by atoms with van der Waals surface area (Å²) in [4.78, 5) is 25.1. The number of aryl methyl sites for hydroxylation is 1. The second kappa shape index (κ2) is 5.56. The monoisotopic (exact) mass is 283 g/mol. The predicted octanol–water partition coefficient (Wildman–Crippen LogP) is 2.05. The van der Waals surface area contributed by atoms with Crippen LogP contribution >= 0.6 is 0 Å². The molecule has 0 aliphatic carbocycles. The van der Waals surface area contributed by atoms with Crippen LogP contribution < -0.4 is 0 Å². The lowest BCUT2D eigenvalue weighted by atomic mass is 10.1. The molecule has 0 spiro atoms. The summed E-state index contributed by atoms with van der Waals surface area (Å²) in [6, 6.07) is 1.55. The topological polar surface area (TPSA) is 46.6 Å². The van der Waals surface area contributed by atoms with Gasteiger partial charge in [-0.1, -0.05) is 6.07 Å². The van der Waals surface area contributed by atoms with E-state index in [0.29, 0.717) is 12.8 Å². The van der Waals surface area contributed by atoms with E-state index in [4.69, 9.17) is 0 Å². The van der Waals surface area contributed by atoms with E-state index < -0.39 is 35.1 Å². The maximum atomic E-state index is 14.0. The second-order valence-corrected chi connectivity index (χ2v) is 4.73. The number of hydrogen-bond acceptors (Lipinski definition) is 3. The Morgan fingerprint density at radius 1 is 1.35 bits per heavy atom. The van der Waals surface area contributed by atoms with Gasteiger partial charge < -0.3 is 9.64 Å². The number of benzene rings is 1. The zero-order valence-corrected chi connectivity index (χ0v) is 11.3. The maximum absolute atomic E-state index is 14.0. The average Bonchev–Trinajstić information content (AvgIpc) is 2.91. The van der Waals surface area contributed by atoms with Gasteiger partial charge in [-0.15, -0.1) is 0 Å². The van der Waals surface area contributed by atoms with Crippen molar-refractivity contribution < 1.29 is 23.1 Å². The van der Waals surface area contributed by atoms with Crippen LogP contribution in [0.4, 0.5) is 8.78 Å². The van der Waals surface area contributed by atoms with Crippen molar-refractivity contribution >= 4 is 11.9 Å². The third-order valence-electron chi connectivity index (χ3n) is 3.48. The first-order chi connectivity index (χ1) is 9.47. The Morgan fingerprint density at radius 2 is 2.05 bits per heavy atom. The van der Waals surface area contributed by atoms with E-state index in [2.05, 4.69) is 4.74 Å². The minimum atomic E-state index is -0.923. The molecular weight excluding hydrogens is 268 g/mol. The average molecular weight is 283 g/mol. The highest BCUT2D eigenvalue weighted by molar-refractivity contribution is 5.97. The number of likely N-dealkylation sites (tertiary alicyclic amines) is 1. The Labute approximate surface area is 115 Å². The van der Waals surface area contributed by atoms with Gasteiger partial charge in [-0.2, -0.15) is 0 Å². The van der Waals surface area contributed by atoms with Crippen LogP contribution in [0.2, 0.25) is 0 Å². The molecule has 1 saturated heterocycles. The quantitative estimate of drug-likeness (QED) is 0.780. The number of ether oxygens (including phenoxy) is 1. The first-order valence-electron chi connectivity index (χ1n) is 6.30. The minimum absolute atomic E-state index is 0.184. The first kappa shape index (κ1) is 14.4. The molecule has 0 radical (unpaired) electrons. The Hall–Kier alpha value is -1.98. The molecule has 0 N–H and O–H groups in total.